The van der Waals surface area contributed by atoms with Crippen molar-refractivity contribution < 1.29 is 19.1 Å². The molecule has 0 aliphatic carbocycles. The molecule has 1 N–H and O–H groups in total. The van der Waals surface area contributed by atoms with E-state index in [0.29, 0.717) is 16.2 Å². The zero-order chi connectivity index (χ0) is 17.8. The second kappa shape index (κ2) is 7.54. The highest BCUT2D eigenvalue weighted by Gasteiger charge is 2.35. The molecule has 1 aliphatic heterocycles. The number of para-hydroxylation sites is 1. The molecule has 6 nitrogen and oxygen atoms in total. The smallest absolute Gasteiger partial charge is 0.339 e. The van der Waals surface area contributed by atoms with Gasteiger partial charge in [-0.25, -0.2) is 4.79 Å². The molecule has 0 radical (unpaired) electrons. The maximum Gasteiger partial charge on any atom is 0.339 e. The number of nitrogens with one attached hydrogen (secondary N) is 1. The van der Waals surface area contributed by atoms with Crippen molar-refractivity contribution >= 4 is 52.0 Å². The number of methoxy groups -OCH3 is 1. The van der Waals surface area contributed by atoms with Crippen LogP contribution in [0.2, 0.25) is 0 Å². The molecule has 8 heteroatoms. The fourth-order valence-electron chi connectivity index (χ4n) is 2.23. The summed E-state index contributed by atoms with van der Waals surface area (Å²) in [6.45, 7) is -0.0273. The lowest BCUT2D eigenvalue weighted by Gasteiger charge is -2.16. The van der Waals surface area contributed by atoms with Gasteiger partial charge in [-0.15, -0.1) is 11.3 Å². The van der Waals surface area contributed by atoms with Crippen molar-refractivity contribution in [3.63, 3.8) is 0 Å². The van der Waals surface area contributed by atoms with Gasteiger partial charge in [-0.2, -0.15) is 0 Å². The van der Waals surface area contributed by atoms with Gasteiger partial charge in [0, 0.05) is 4.88 Å². The molecule has 1 fully saturated rings. The second-order valence-electron chi connectivity index (χ2n) is 5.00. The summed E-state index contributed by atoms with van der Waals surface area (Å²) in [6, 6.07) is 10.5. The number of anilines is 1. The van der Waals surface area contributed by atoms with E-state index in [-0.39, 0.29) is 17.8 Å². The van der Waals surface area contributed by atoms with Crippen LogP contribution in [-0.4, -0.2) is 35.8 Å². The number of carbonyl (C=O) groups is 3. The molecule has 1 aliphatic rings. The zero-order valence-corrected chi connectivity index (χ0v) is 14.9. The Bertz CT molecular complexity index is 846. The first kappa shape index (κ1) is 17.2. The Morgan fingerprint density at radius 2 is 2.04 bits per heavy atom. The molecule has 1 saturated heterocycles. The number of esters is 1. The Morgan fingerprint density at radius 3 is 2.76 bits per heavy atom. The summed E-state index contributed by atoms with van der Waals surface area (Å²) in [5, 5.41) is 4.51. The number of rotatable bonds is 5. The van der Waals surface area contributed by atoms with E-state index in [9.17, 15) is 14.4 Å². The van der Waals surface area contributed by atoms with Gasteiger partial charge in [0.05, 0.1) is 29.9 Å². The fourth-order valence-corrected chi connectivity index (χ4v) is 3.79. The Morgan fingerprint density at radius 1 is 1.24 bits per heavy atom. The van der Waals surface area contributed by atoms with E-state index in [2.05, 4.69) is 5.32 Å². The predicted molar refractivity (Wildman–Crippen MR) is 98.4 cm³/mol. The summed E-state index contributed by atoms with van der Waals surface area (Å²) in [5.74, 6) is -0.846. The van der Waals surface area contributed by atoms with Crippen molar-refractivity contribution in [1.82, 2.24) is 4.90 Å². The number of ether oxygens (including phenoxy) is 1. The maximum absolute atomic E-state index is 12.4. The zero-order valence-electron chi connectivity index (χ0n) is 13.2. The quantitative estimate of drug-likeness (QED) is 0.636. The standard InChI is InChI=1S/C17H14N2O4S2/c1-23-16(21)12-6-2-3-7-13(12)18-10-19-15(20)14(25-17(19)22)9-11-5-4-8-24-11/h2-9,18H,10H2,1H3/b14-9-. The average Bonchev–Trinajstić information content (AvgIpc) is 3.22. The molecule has 1 aromatic carbocycles. The predicted octanol–water partition coefficient (Wildman–Crippen LogP) is 3.64. The molecule has 1 aromatic heterocycles. The second-order valence-corrected chi connectivity index (χ2v) is 6.97. The number of benzene rings is 1. The number of thioether (sulfide) groups is 1. The fraction of sp³-hybridized carbons (Fsp3) is 0.118. The monoisotopic (exact) mass is 374 g/mol. The summed E-state index contributed by atoms with van der Waals surface area (Å²) < 4.78 is 4.73. The minimum absolute atomic E-state index is 0.0273. The molecule has 3 rings (SSSR count). The van der Waals surface area contributed by atoms with Crippen molar-refractivity contribution in [2.45, 2.75) is 0 Å². The topological polar surface area (TPSA) is 75.7 Å². The lowest BCUT2D eigenvalue weighted by molar-refractivity contribution is -0.122. The molecular weight excluding hydrogens is 360 g/mol. The molecule has 2 amide bonds. The number of nitrogens with zero attached hydrogens (tertiary/aromatic N) is 1. The summed E-state index contributed by atoms with van der Waals surface area (Å²) >= 11 is 2.40. The van der Waals surface area contributed by atoms with E-state index < -0.39 is 5.97 Å². The Hall–Kier alpha value is -2.58. The maximum atomic E-state index is 12.4. The summed E-state index contributed by atoms with van der Waals surface area (Å²) in [7, 11) is 1.30. The Kier molecular flexibility index (Phi) is 5.20. The molecule has 25 heavy (non-hydrogen) atoms. The van der Waals surface area contributed by atoms with Crippen molar-refractivity contribution in [2.24, 2.45) is 0 Å². The van der Waals surface area contributed by atoms with Gasteiger partial charge in [-0.05, 0) is 41.4 Å². The van der Waals surface area contributed by atoms with E-state index >= 15 is 0 Å². The normalized spacial score (nSPS) is 15.7. The van der Waals surface area contributed by atoms with Crippen molar-refractivity contribution in [1.29, 1.82) is 0 Å². The largest absolute Gasteiger partial charge is 0.465 e. The van der Waals surface area contributed by atoms with Gasteiger partial charge in [0.2, 0.25) is 0 Å². The first-order chi connectivity index (χ1) is 12.1. The van der Waals surface area contributed by atoms with E-state index in [1.165, 1.54) is 18.4 Å². The summed E-state index contributed by atoms with van der Waals surface area (Å²) in [4.78, 5) is 38.7. The Balaban J connectivity index is 1.73. The summed E-state index contributed by atoms with van der Waals surface area (Å²) in [5.41, 5.74) is 0.835. The Labute approximate surface area is 152 Å². The van der Waals surface area contributed by atoms with Gasteiger partial charge in [0.25, 0.3) is 11.1 Å². The molecule has 2 heterocycles. The molecular formula is C17H14N2O4S2. The molecule has 0 saturated carbocycles. The summed E-state index contributed by atoms with van der Waals surface area (Å²) in [6.07, 6.45) is 1.71. The number of hydrogen-bond donors (Lipinski definition) is 1. The van der Waals surface area contributed by atoms with Gasteiger partial charge >= 0.3 is 5.97 Å². The van der Waals surface area contributed by atoms with E-state index in [0.717, 1.165) is 21.5 Å². The molecule has 0 bridgehead atoms. The number of amides is 2. The highest BCUT2D eigenvalue weighted by atomic mass is 32.2. The third-order valence-corrected chi connectivity index (χ3v) is 5.18. The van der Waals surface area contributed by atoms with Crippen LogP contribution in [0.5, 0.6) is 0 Å². The van der Waals surface area contributed by atoms with Crippen LogP contribution in [0.25, 0.3) is 6.08 Å². The minimum Gasteiger partial charge on any atom is -0.465 e. The first-order valence-corrected chi connectivity index (χ1v) is 9.00. The lowest BCUT2D eigenvalue weighted by atomic mass is 10.2. The lowest BCUT2D eigenvalue weighted by Crippen LogP contribution is -2.33. The number of imide groups is 1. The third kappa shape index (κ3) is 3.75. The van der Waals surface area contributed by atoms with Crippen LogP contribution < -0.4 is 5.32 Å². The van der Waals surface area contributed by atoms with Crippen LogP contribution in [-0.2, 0) is 9.53 Å². The van der Waals surface area contributed by atoms with E-state index in [1.807, 2.05) is 17.5 Å². The number of thiophene rings is 1. The van der Waals surface area contributed by atoms with Gasteiger partial charge in [0.1, 0.15) is 0 Å². The van der Waals surface area contributed by atoms with Gasteiger partial charge < -0.3 is 10.1 Å². The van der Waals surface area contributed by atoms with Crippen LogP contribution in [0.1, 0.15) is 15.2 Å². The average molecular weight is 374 g/mol. The SMILES string of the molecule is COC(=O)c1ccccc1NCN1C(=O)S/C(=C\c2cccs2)C1=O. The van der Waals surface area contributed by atoms with Crippen LogP contribution in [0.15, 0.2) is 46.7 Å². The van der Waals surface area contributed by atoms with Crippen molar-refractivity contribution in [2.75, 3.05) is 19.1 Å². The van der Waals surface area contributed by atoms with Crippen LogP contribution in [0.3, 0.4) is 0 Å². The van der Waals surface area contributed by atoms with Gasteiger partial charge in [-0.3, -0.25) is 14.5 Å². The van der Waals surface area contributed by atoms with Crippen LogP contribution in [0, 0.1) is 0 Å². The highest BCUT2D eigenvalue weighted by Crippen LogP contribution is 2.33. The van der Waals surface area contributed by atoms with Gasteiger partial charge in [-0.1, -0.05) is 18.2 Å². The van der Waals surface area contributed by atoms with Crippen molar-refractivity contribution in [3.8, 4) is 0 Å². The molecule has 2 aromatic rings. The number of hydrogen-bond acceptors (Lipinski definition) is 7. The molecule has 0 atom stereocenters. The van der Waals surface area contributed by atoms with Gasteiger partial charge in [0.15, 0.2) is 0 Å². The highest BCUT2D eigenvalue weighted by molar-refractivity contribution is 8.18. The third-order valence-electron chi connectivity index (χ3n) is 3.45. The van der Waals surface area contributed by atoms with Crippen LogP contribution in [0.4, 0.5) is 10.5 Å². The molecule has 0 unspecified atom stereocenters. The first-order valence-electron chi connectivity index (χ1n) is 7.30. The molecule has 0 spiro atoms. The minimum atomic E-state index is -0.491. The molecule has 128 valence electrons. The van der Waals surface area contributed by atoms with Crippen molar-refractivity contribution in [3.05, 3.63) is 57.1 Å². The van der Waals surface area contributed by atoms with E-state index in [1.54, 1.807) is 30.3 Å². The van der Waals surface area contributed by atoms with Crippen LogP contribution >= 0.6 is 23.1 Å². The number of carbonyl (C=O) groups excluding carboxylic acids is 3. The van der Waals surface area contributed by atoms with E-state index in [4.69, 9.17) is 4.74 Å².